The van der Waals surface area contributed by atoms with Crippen molar-refractivity contribution in [3.8, 4) is 0 Å². The number of hydrogen-bond acceptors (Lipinski definition) is 3. The van der Waals surface area contributed by atoms with Gasteiger partial charge in [-0.15, -0.1) is 0 Å². The van der Waals surface area contributed by atoms with Gasteiger partial charge in [0, 0.05) is 19.8 Å². The third-order valence-electron chi connectivity index (χ3n) is 12.5. The van der Waals surface area contributed by atoms with E-state index in [2.05, 4.69) is 115 Å². The lowest BCUT2D eigenvalue weighted by atomic mass is 9.89. The molecule has 0 saturated heterocycles. The summed E-state index contributed by atoms with van der Waals surface area (Å²) >= 11 is 0. The maximum Gasteiger partial charge on any atom is 0.0905 e. The molecule has 4 heteroatoms. The van der Waals surface area contributed by atoms with Crippen molar-refractivity contribution in [2.45, 2.75) is 252 Å². The van der Waals surface area contributed by atoms with E-state index < -0.39 is 0 Å². The maximum atomic E-state index is 6.54. The number of unbranched alkanes of at least 4 members (excludes halogenated alkanes) is 27. The molecule has 0 fully saturated rings. The Hall–Kier alpha value is -1.72. The Morgan fingerprint density at radius 3 is 0.758 bits per heavy atom. The van der Waals surface area contributed by atoms with Gasteiger partial charge in [0.2, 0.25) is 0 Å². The molecule has 0 aliphatic carbocycles. The Morgan fingerprint density at radius 1 is 0.288 bits per heavy atom. The molecule has 0 aromatic heterocycles. The highest BCUT2D eigenvalue weighted by atomic mass is 16.5. The van der Waals surface area contributed by atoms with Gasteiger partial charge >= 0.3 is 0 Å². The van der Waals surface area contributed by atoms with Crippen LogP contribution < -0.4 is 0 Å². The van der Waals surface area contributed by atoms with Crippen molar-refractivity contribution >= 4 is 0 Å². The summed E-state index contributed by atoms with van der Waals surface area (Å²) < 4.78 is 20.5. The number of allylic oxidation sites excluding steroid dienone is 12. The first-order chi connectivity index (χ1) is 32.4. The van der Waals surface area contributed by atoms with Gasteiger partial charge in [-0.3, -0.25) is 0 Å². The van der Waals surface area contributed by atoms with Crippen LogP contribution in [0.4, 0.5) is 0 Å². The predicted molar refractivity (Wildman–Crippen MR) is 296 cm³/mol. The molecule has 0 amide bonds. The Balaban J connectivity index is 4.66. The first-order valence-corrected chi connectivity index (χ1v) is 28.8. The van der Waals surface area contributed by atoms with Gasteiger partial charge in [-0.25, -0.2) is 0 Å². The van der Waals surface area contributed by atoms with Gasteiger partial charge in [-0.05, 0) is 116 Å². The van der Waals surface area contributed by atoms with Gasteiger partial charge in [0.05, 0.1) is 52.9 Å². The zero-order valence-corrected chi connectivity index (χ0v) is 45.5. The van der Waals surface area contributed by atoms with E-state index in [4.69, 9.17) is 14.2 Å². The van der Waals surface area contributed by atoms with E-state index in [-0.39, 0.29) is 5.41 Å². The smallest absolute Gasteiger partial charge is 0.0905 e. The van der Waals surface area contributed by atoms with Crippen molar-refractivity contribution < 1.29 is 18.7 Å². The number of hydrogen-bond donors (Lipinski definition) is 0. The first kappa shape index (κ1) is 64.3. The van der Waals surface area contributed by atoms with Gasteiger partial charge in [-0.2, -0.15) is 0 Å². The van der Waals surface area contributed by atoms with Gasteiger partial charge in [-0.1, -0.05) is 209 Å². The maximum absolute atomic E-state index is 6.54. The minimum absolute atomic E-state index is 0.132. The third-order valence-corrected chi connectivity index (χ3v) is 12.5. The molecule has 0 radical (unpaired) electrons. The van der Waals surface area contributed by atoms with Crippen LogP contribution in [0.1, 0.15) is 252 Å². The second-order valence-corrected chi connectivity index (χ2v) is 20.9. The summed E-state index contributed by atoms with van der Waals surface area (Å²) in [6.45, 7) is 12.5. The molecular formula is C62H116NO3+. The Bertz CT molecular complexity index is 1000. The molecule has 0 atom stereocenters. The molecule has 386 valence electrons. The fraction of sp³-hybridized carbons (Fsp3) is 0.806. The number of nitrogens with zero attached hydrogens (tertiary/aromatic N) is 1. The summed E-state index contributed by atoms with van der Waals surface area (Å²) in [5.74, 6) is 0. The van der Waals surface area contributed by atoms with Crippen LogP contribution in [0, 0.1) is 5.41 Å². The molecule has 4 nitrogen and oxygen atoms in total. The molecule has 0 aliphatic rings. The molecule has 0 bridgehead atoms. The minimum Gasteiger partial charge on any atom is -0.380 e. The van der Waals surface area contributed by atoms with Crippen LogP contribution in [0.15, 0.2) is 72.9 Å². The summed E-state index contributed by atoms with van der Waals surface area (Å²) in [4.78, 5) is 0. The van der Waals surface area contributed by atoms with E-state index in [1.165, 1.54) is 193 Å². The van der Waals surface area contributed by atoms with Crippen LogP contribution in [0.25, 0.3) is 0 Å². The van der Waals surface area contributed by atoms with E-state index in [1.807, 2.05) is 0 Å². The lowest BCUT2D eigenvalue weighted by Gasteiger charge is -2.39. The van der Waals surface area contributed by atoms with Gasteiger partial charge in [0.1, 0.15) is 0 Å². The SMILES string of the molecule is CCCCC/C=C\C/C=C\CCCCCCCCOCC(COCCCCCCCC/C=C\C/C=C\CCCCC)(COCCCCCCCC/C=C\C/C=C\CCCCC)C[N+](C)(C)C. The van der Waals surface area contributed by atoms with Crippen molar-refractivity contribution in [1.82, 2.24) is 0 Å². The fourth-order valence-electron chi connectivity index (χ4n) is 8.71. The number of quaternary nitrogens is 1. The molecule has 0 aromatic rings. The molecule has 0 unspecified atom stereocenters. The standard InChI is InChI=1S/C62H116NO3/c1-7-10-13-16-19-22-25-28-31-34-37-40-43-46-49-52-55-64-59-62(58-63(4,5)6,60-65-56-53-50-47-44-41-38-35-32-29-26-23-20-17-14-11-8-2)61-66-57-54-51-48-45-42-39-36-33-30-27-24-21-18-15-12-9-3/h19-24,28-33H,7-18,25-27,34-61H2,1-6H3/q+1/b22-19-,23-20-,24-21-,31-28-,32-29-,33-30-. The summed E-state index contributed by atoms with van der Waals surface area (Å²) in [5, 5.41) is 0. The van der Waals surface area contributed by atoms with E-state index >= 15 is 0 Å². The van der Waals surface area contributed by atoms with E-state index in [1.54, 1.807) is 0 Å². The minimum atomic E-state index is -0.132. The fourth-order valence-corrected chi connectivity index (χ4v) is 8.71. The lowest BCUT2D eigenvalue weighted by Crippen LogP contribution is -2.52. The van der Waals surface area contributed by atoms with E-state index in [0.717, 1.165) is 89.2 Å². The van der Waals surface area contributed by atoms with Crippen LogP contribution in [-0.4, -0.2) is 71.8 Å². The molecule has 0 aromatic carbocycles. The van der Waals surface area contributed by atoms with E-state index in [9.17, 15) is 0 Å². The zero-order chi connectivity index (χ0) is 48.0. The molecule has 0 rings (SSSR count). The molecule has 0 aliphatic heterocycles. The molecule has 0 heterocycles. The van der Waals surface area contributed by atoms with E-state index in [0.29, 0.717) is 0 Å². The largest absolute Gasteiger partial charge is 0.380 e. The zero-order valence-electron chi connectivity index (χ0n) is 45.5. The number of ether oxygens (including phenoxy) is 3. The topological polar surface area (TPSA) is 27.7 Å². The summed E-state index contributed by atoms with van der Waals surface area (Å²) in [7, 11) is 6.92. The first-order valence-electron chi connectivity index (χ1n) is 28.8. The predicted octanol–water partition coefficient (Wildman–Crippen LogP) is 19.2. The highest BCUT2D eigenvalue weighted by Crippen LogP contribution is 2.24. The van der Waals surface area contributed by atoms with Crippen LogP contribution in [-0.2, 0) is 14.2 Å². The Kier molecular flexibility index (Phi) is 51.3. The van der Waals surface area contributed by atoms with Crippen molar-refractivity contribution in [3.63, 3.8) is 0 Å². The second kappa shape index (κ2) is 52.6. The molecule has 66 heavy (non-hydrogen) atoms. The Labute approximate surface area is 414 Å². The van der Waals surface area contributed by atoms with Crippen LogP contribution in [0.3, 0.4) is 0 Å². The van der Waals surface area contributed by atoms with Gasteiger partial charge in [0.25, 0.3) is 0 Å². The normalized spacial score (nSPS) is 13.0. The lowest BCUT2D eigenvalue weighted by molar-refractivity contribution is -0.877. The monoisotopic (exact) mass is 923 g/mol. The second-order valence-electron chi connectivity index (χ2n) is 20.9. The van der Waals surface area contributed by atoms with Gasteiger partial charge in [0.15, 0.2) is 0 Å². The van der Waals surface area contributed by atoms with Crippen molar-refractivity contribution in [3.05, 3.63) is 72.9 Å². The van der Waals surface area contributed by atoms with Crippen molar-refractivity contribution in [2.24, 2.45) is 5.41 Å². The highest BCUT2D eigenvalue weighted by Gasteiger charge is 2.37. The molecular weight excluding hydrogens is 807 g/mol. The third kappa shape index (κ3) is 51.7. The molecule has 0 spiro atoms. The van der Waals surface area contributed by atoms with Gasteiger partial charge < -0.3 is 18.7 Å². The van der Waals surface area contributed by atoms with Crippen LogP contribution >= 0.6 is 0 Å². The highest BCUT2D eigenvalue weighted by molar-refractivity contribution is 4.94. The quantitative estimate of drug-likeness (QED) is 0.0346. The Morgan fingerprint density at radius 2 is 0.515 bits per heavy atom. The van der Waals surface area contributed by atoms with Crippen molar-refractivity contribution in [1.29, 1.82) is 0 Å². The van der Waals surface area contributed by atoms with Crippen molar-refractivity contribution in [2.75, 3.05) is 67.3 Å². The average molecular weight is 924 g/mol. The van der Waals surface area contributed by atoms with Crippen LogP contribution in [0.2, 0.25) is 0 Å². The number of rotatable bonds is 53. The molecule has 0 N–H and O–H groups in total. The molecule has 0 saturated carbocycles. The summed E-state index contributed by atoms with van der Waals surface area (Å²) in [5.41, 5.74) is -0.132. The van der Waals surface area contributed by atoms with Crippen LogP contribution in [0.5, 0.6) is 0 Å². The summed E-state index contributed by atoms with van der Waals surface area (Å²) in [6, 6.07) is 0. The summed E-state index contributed by atoms with van der Waals surface area (Å²) in [6.07, 6.45) is 74.0. The average Bonchev–Trinajstić information content (AvgIpc) is 3.30.